The van der Waals surface area contributed by atoms with Gasteiger partial charge in [0.15, 0.2) is 0 Å². The summed E-state index contributed by atoms with van der Waals surface area (Å²) in [5.74, 6) is 0. The van der Waals surface area contributed by atoms with E-state index in [4.69, 9.17) is 4.74 Å². The Morgan fingerprint density at radius 1 is 1.47 bits per heavy atom. The number of piperidine rings is 1. The van der Waals surface area contributed by atoms with Crippen molar-refractivity contribution in [2.24, 2.45) is 0 Å². The van der Waals surface area contributed by atoms with Gasteiger partial charge in [-0.25, -0.2) is 0 Å². The summed E-state index contributed by atoms with van der Waals surface area (Å²) in [4.78, 5) is 6.65. The number of aromatic nitrogens is 1. The van der Waals surface area contributed by atoms with Crippen molar-refractivity contribution in [2.45, 2.75) is 25.5 Å². The van der Waals surface area contributed by atoms with Crippen LogP contribution in [0.4, 0.5) is 5.69 Å². The number of nitrogens with zero attached hydrogens (tertiary/aromatic N) is 2. The molecular formula is C13H21N3O. The third kappa shape index (κ3) is 2.96. The third-order valence-electron chi connectivity index (χ3n) is 3.37. The molecule has 94 valence electrons. The molecule has 4 nitrogen and oxygen atoms in total. The van der Waals surface area contributed by atoms with Gasteiger partial charge in [0.1, 0.15) is 0 Å². The minimum atomic E-state index is 0.427. The van der Waals surface area contributed by atoms with E-state index in [0.29, 0.717) is 6.10 Å². The second-order valence-corrected chi connectivity index (χ2v) is 4.46. The number of hydrogen-bond donors (Lipinski definition) is 1. The van der Waals surface area contributed by atoms with Gasteiger partial charge in [0.05, 0.1) is 18.0 Å². The minimum absolute atomic E-state index is 0.427. The predicted octanol–water partition coefficient (Wildman–Crippen LogP) is 1.42. The largest absolute Gasteiger partial charge is 0.381 e. The Hall–Kier alpha value is -1.13. The van der Waals surface area contributed by atoms with Crippen LogP contribution in [0.2, 0.25) is 0 Å². The van der Waals surface area contributed by atoms with Gasteiger partial charge >= 0.3 is 0 Å². The van der Waals surface area contributed by atoms with Gasteiger partial charge in [-0.05, 0) is 31.5 Å². The van der Waals surface area contributed by atoms with E-state index in [2.05, 4.69) is 21.3 Å². The maximum Gasteiger partial charge on any atom is 0.0605 e. The second kappa shape index (κ2) is 5.98. The average Bonchev–Trinajstić information content (AvgIpc) is 2.40. The van der Waals surface area contributed by atoms with Gasteiger partial charge in [0, 0.05) is 32.9 Å². The molecule has 0 spiro atoms. The lowest BCUT2D eigenvalue weighted by Crippen LogP contribution is -2.37. The summed E-state index contributed by atoms with van der Waals surface area (Å²) >= 11 is 0. The molecule has 0 saturated carbocycles. The molecule has 1 aliphatic heterocycles. The van der Waals surface area contributed by atoms with Crippen LogP contribution in [-0.4, -0.2) is 38.3 Å². The molecule has 1 fully saturated rings. The molecule has 1 aromatic rings. The van der Waals surface area contributed by atoms with E-state index in [1.165, 1.54) is 11.3 Å². The molecule has 0 radical (unpaired) electrons. The molecule has 1 N–H and O–H groups in total. The number of methoxy groups -OCH3 is 1. The quantitative estimate of drug-likeness (QED) is 0.856. The molecule has 0 aromatic carbocycles. The van der Waals surface area contributed by atoms with Gasteiger partial charge in [0.2, 0.25) is 0 Å². The number of hydrogen-bond acceptors (Lipinski definition) is 4. The van der Waals surface area contributed by atoms with Crippen molar-refractivity contribution < 1.29 is 4.74 Å². The fourth-order valence-corrected chi connectivity index (χ4v) is 2.37. The summed E-state index contributed by atoms with van der Waals surface area (Å²) < 4.78 is 5.40. The second-order valence-electron chi connectivity index (χ2n) is 4.46. The van der Waals surface area contributed by atoms with Crippen molar-refractivity contribution in [3.05, 3.63) is 24.0 Å². The minimum Gasteiger partial charge on any atom is -0.381 e. The van der Waals surface area contributed by atoms with E-state index in [0.717, 1.165) is 32.5 Å². The Labute approximate surface area is 103 Å². The first-order valence-corrected chi connectivity index (χ1v) is 6.20. The van der Waals surface area contributed by atoms with E-state index < -0.39 is 0 Å². The zero-order valence-electron chi connectivity index (χ0n) is 10.6. The van der Waals surface area contributed by atoms with Crippen LogP contribution >= 0.6 is 0 Å². The summed E-state index contributed by atoms with van der Waals surface area (Å²) in [5.41, 5.74) is 2.58. The molecule has 0 aliphatic carbocycles. The van der Waals surface area contributed by atoms with Crippen LogP contribution in [0.15, 0.2) is 18.5 Å². The molecule has 0 bridgehead atoms. The molecule has 1 aromatic heterocycles. The maximum absolute atomic E-state index is 5.40. The summed E-state index contributed by atoms with van der Waals surface area (Å²) in [6.45, 7) is 3.00. The van der Waals surface area contributed by atoms with Crippen molar-refractivity contribution >= 4 is 5.69 Å². The van der Waals surface area contributed by atoms with Crippen LogP contribution in [0.25, 0.3) is 0 Å². The summed E-state index contributed by atoms with van der Waals surface area (Å²) in [6, 6.07) is 2.09. The first-order chi connectivity index (χ1) is 8.35. The molecule has 0 amide bonds. The van der Waals surface area contributed by atoms with Gasteiger partial charge in [0.25, 0.3) is 0 Å². The fraction of sp³-hybridized carbons (Fsp3) is 0.615. The van der Waals surface area contributed by atoms with Gasteiger partial charge in [-0.1, -0.05) is 0 Å². The monoisotopic (exact) mass is 235 g/mol. The highest BCUT2D eigenvalue weighted by Crippen LogP contribution is 2.23. The molecule has 0 atom stereocenters. The van der Waals surface area contributed by atoms with Crippen LogP contribution in [-0.2, 0) is 11.3 Å². The number of pyridine rings is 1. The molecule has 17 heavy (non-hydrogen) atoms. The van der Waals surface area contributed by atoms with Crippen LogP contribution in [0.3, 0.4) is 0 Å². The molecule has 1 aliphatic rings. The Balaban J connectivity index is 2.07. The maximum atomic E-state index is 5.40. The predicted molar refractivity (Wildman–Crippen MR) is 69.2 cm³/mol. The first-order valence-electron chi connectivity index (χ1n) is 6.20. The topological polar surface area (TPSA) is 37.4 Å². The normalized spacial score (nSPS) is 17.4. The zero-order valence-corrected chi connectivity index (χ0v) is 10.6. The lowest BCUT2D eigenvalue weighted by molar-refractivity contribution is 0.0819. The van der Waals surface area contributed by atoms with E-state index in [1.807, 2.05) is 19.4 Å². The van der Waals surface area contributed by atoms with E-state index in [1.54, 1.807) is 7.11 Å². The van der Waals surface area contributed by atoms with Gasteiger partial charge < -0.3 is 15.0 Å². The Kier molecular flexibility index (Phi) is 4.34. The average molecular weight is 235 g/mol. The zero-order chi connectivity index (χ0) is 12.1. The van der Waals surface area contributed by atoms with Gasteiger partial charge in [-0.15, -0.1) is 0 Å². The van der Waals surface area contributed by atoms with Crippen LogP contribution in [0.5, 0.6) is 0 Å². The highest BCUT2D eigenvalue weighted by atomic mass is 16.5. The van der Waals surface area contributed by atoms with Crippen molar-refractivity contribution in [3.8, 4) is 0 Å². The molecule has 2 rings (SSSR count). The molecule has 0 unspecified atom stereocenters. The standard InChI is InChI=1S/C13H21N3O/c1-14-9-11-3-6-15-10-13(11)16-7-4-12(17-2)5-8-16/h3,6,10,12,14H,4-5,7-9H2,1-2H3. The Morgan fingerprint density at radius 2 is 2.24 bits per heavy atom. The number of anilines is 1. The van der Waals surface area contributed by atoms with Crippen LogP contribution < -0.4 is 10.2 Å². The molecule has 4 heteroatoms. The summed E-state index contributed by atoms with van der Waals surface area (Å²) in [7, 11) is 3.78. The fourth-order valence-electron chi connectivity index (χ4n) is 2.37. The Morgan fingerprint density at radius 3 is 2.88 bits per heavy atom. The SMILES string of the molecule is CNCc1ccncc1N1CCC(OC)CC1. The number of rotatable bonds is 4. The third-order valence-corrected chi connectivity index (χ3v) is 3.37. The molecule has 1 saturated heterocycles. The summed E-state index contributed by atoms with van der Waals surface area (Å²) in [5, 5.41) is 3.20. The highest BCUT2D eigenvalue weighted by molar-refractivity contribution is 5.52. The number of nitrogens with one attached hydrogen (secondary N) is 1. The highest BCUT2D eigenvalue weighted by Gasteiger charge is 2.20. The van der Waals surface area contributed by atoms with Gasteiger partial charge in [-0.3, -0.25) is 4.98 Å². The van der Waals surface area contributed by atoms with Crippen molar-refractivity contribution in [1.29, 1.82) is 0 Å². The molecule has 2 heterocycles. The van der Waals surface area contributed by atoms with E-state index in [-0.39, 0.29) is 0 Å². The van der Waals surface area contributed by atoms with E-state index in [9.17, 15) is 0 Å². The lowest BCUT2D eigenvalue weighted by atomic mass is 10.1. The number of ether oxygens (including phenoxy) is 1. The Bertz CT molecular complexity index is 348. The van der Waals surface area contributed by atoms with Gasteiger partial charge in [-0.2, -0.15) is 0 Å². The summed E-state index contributed by atoms with van der Waals surface area (Å²) in [6.07, 6.45) is 6.46. The van der Waals surface area contributed by atoms with Crippen LogP contribution in [0, 0.1) is 0 Å². The molecular weight excluding hydrogens is 214 g/mol. The lowest BCUT2D eigenvalue weighted by Gasteiger charge is -2.33. The van der Waals surface area contributed by atoms with Crippen LogP contribution in [0.1, 0.15) is 18.4 Å². The first kappa shape index (κ1) is 12.3. The smallest absolute Gasteiger partial charge is 0.0605 e. The van der Waals surface area contributed by atoms with Crippen molar-refractivity contribution in [1.82, 2.24) is 10.3 Å². The van der Waals surface area contributed by atoms with E-state index >= 15 is 0 Å². The van der Waals surface area contributed by atoms with Crippen molar-refractivity contribution in [2.75, 3.05) is 32.1 Å². The van der Waals surface area contributed by atoms with Crippen molar-refractivity contribution in [3.63, 3.8) is 0 Å².